The van der Waals surface area contributed by atoms with E-state index in [-0.39, 0.29) is 12.5 Å². The molecule has 1 aliphatic heterocycles. The zero-order chi connectivity index (χ0) is 20.3. The monoisotopic (exact) mass is 404 g/mol. The molecule has 1 atom stereocenters. The first-order valence-electron chi connectivity index (χ1n) is 8.72. The minimum Gasteiger partial charge on any atom is -0.493 e. The maximum absolute atomic E-state index is 12.9. The highest BCUT2D eigenvalue weighted by Gasteiger charge is 2.33. The van der Waals surface area contributed by atoms with Crippen LogP contribution in [0.3, 0.4) is 0 Å². The minimum absolute atomic E-state index is 0.217. The van der Waals surface area contributed by atoms with Crippen molar-refractivity contribution in [2.75, 3.05) is 26.1 Å². The highest BCUT2D eigenvalue weighted by Crippen LogP contribution is 2.39. The van der Waals surface area contributed by atoms with Crippen LogP contribution in [0.2, 0.25) is 5.02 Å². The van der Waals surface area contributed by atoms with Crippen LogP contribution in [0.1, 0.15) is 23.6 Å². The van der Waals surface area contributed by atoms with Gasteiger partial charge in [0.2, 0.25) is 0 Å². The summed E-state index contributed by atoms with van der Waals surface area (Å²) in [6, 6.07) is 9.39. The van der Waals surface area contributed by atoms with Crippen molar-refractivity contribution in [3.8, 4) is 11.5 Å². The van der Waals surface area contributed by atoms with E-state index in [4.69, 9.17) is 21.1 Å². The Balaban J connectivity index is 1.94. The molecule has 7 nitrogen and oxygen atoms in total. The Kier molecular flexibility index (Phi) is 5.94. The van der Waals surface area contributed by atoms with Crippen LogP contribution in [0.4, 0.5) is 10.5 Å². The molecule has 2 N–H and O–H groups in total. The van der Waals surface area contributed by atoms with Gasteiger partial charge in [0.1, 0.15) is 0 Å². The van der Waals surface area contributed by atoms with Crippen LogP contribution in [0.15, 0.2) is 36.4 Å². The van der Waals surface area contributed by atoms with E-state index in [0.717, 1.165) is 11.1 Å². The second kappa shape index (κ2) is 8.39. The smallest absolute Gasteiger partial charge is 0.322 e. The average molecular weight is 405 g/mol. The summed E-state index contributed by atoms with van der Waals surface area (Å²) in [5.41, 5.74) is 2.23. The lowest BCUT2D eigenvalue weighted by Crippen LogP contribution is -2.43. The van der Waals surface area contributed by atoms with Crippen molar-refractivity contribution < 1.29 is 24.2 Å². The number of carbonyl (C=O) groups is 2. The second-order valence-electron chi connectivity index (χ2n) is 6.40. The third kappa shape index (κ3) is 4.14. The first kappa shape index (κ1) is 19.8. The summed E-state index contributed by atoms with van der Waals surface area (Å²) in [5, 5.41) is 12.7. The fourth-order valence-corrected chi connectivity index (χ4v) is 3.61. The summed E-state index contributed by atoms with van der Waals surface area (Å²) in [6.07, 6.45) is 0.361. The molecule has 1 aliphatic rings. The van der Waals surface area contributed by atoms with Gasteiger partial charge in [0.05, 0.1) is 26.7 Å². The van der Waals surface area contributed by atoms with Gasteiger partial charge in [-0.1, -0.05) is 17.7 Å². The van der Waals surface area contributed by atoms with E-state index in [1.165, 1.54) is 12.0 Å². The second-order valence-corrected chi connectivity index (χ2v) is 6.84. The van der Waals surface area contributed by atoms with Gasteiger partial charge in [-0.15, -0.1) is 0 Å². The van der Waals surface area contributed by atoms with Gasteiger partial charge in [0.15, 0.2) is 11.5 Å². The SMILES string of the molecule is COc1cc2c(cc1OC)[C@H](CC(=O)O)N(C(=O)Nc1cccc(Cl)c1)CC2. The van der Waals surface area contributed by atoms with Crippen LogP contribution >= 0.6 is 11.6 Å². The summed E-state index contributed by atoms with van der Waals surface area (Å²) in [6.45, 7) is 0.382. The molecule has 0 aliphatic carbocycles. The highest BCUT2D eigenvalue weighted by molar-refractivity contribution is 6.30. The van der Waals surface area contributed by atoms with Crippen molar-refractivity contribution in [3.63, 3.8) is 0 Å². The number of halogens is 1. The number of carbonyl (C=O) groups excluding carboxylic acids is 1. The van der Waals surface area contributed by atoms with Gasteiger partial charge in [0, 0.05) is 17.3 Å². The average Bonchev–Trinajstić information content (AvgIpc) is 2.66. The number of amides is 2. The molecule has 0 radical (unpaired) electrons. The van der Waals surface area contributed by atoms with Gasteiger partial charge in [-0.2, -0.15) is 0 Å². The zero-order valence-electron chi connectivity index (χ0n) is 15.6. The number of aliphatic carboxylic acids is 1. The number of carboxylic acids is 1. The van der Waals surface area contributed by atoms with Crippen LogP contribution in [0, 0.1) is 0 Å². The number of benzene rings is 2. The zero-order valence-corrected chi connectivity index (χ0v) is 16.3. The molecule has 0 bridgehead atoms. The van der Waals surface area contributed by atoms with E-state index in [1.54, 1.807) is 37.4 Å². The predicted octanol–water partition coefficient (Wildman–Crippen LogP) is 3.96. The normalized spacial score (nSPS) is 15.5. The number of nitrogens with one attached hydrogen (secondary N) is 1. The van der Waals surface area contributed by atoms with Crippen LogP contribution in [0.25, 0.3) is 0 Å². The largest absolute Gasteiger partial charge is 0.493 e. The van der Waals surface area contributed by atoms with E-state index in [9.17, 15) is 14.7 Å². The number of anilines is 1. The number of fused-ring (bicyclic) bond motifs is 1. The molecule has 0 saturated heterocycles. The molecule has 0 spiro atoms. The van der Waals surface area contributed by atoms with E-state index in [1.807, 2.05) is 6.07 Å². The molecule has 148 valence electrons. The van der Waals surface area contributed by atoms with Crippen LogP contribution < -0.4 is 14.8 Å². The number of urea groups is 1. The number of ether oxygens (including phenoxy) is 2. The molecule has 0 aromatic heterocycles. The molecule has 1 heterocycles. The molecule has 8 heteroatoms. The number of rotatable bonds is 5. The van der Waals surface area contributed by atoms with Gasteiger partial charge in [-0.25, -0.2) is 4.79 Å². The molecular formula is C20H21ClN2O5. The van der Waals surface area contributed by atoms with E-state index in [0.29, 0.717) is 35.2 Å². The Morgan fingerprint density at radius 3 is 2.57 bits per heavy atom. The lowest BCUT2D eigenvalue weighted by molar-refractivity contribution is -0.138. The summed E-state index contributed by atoms with van der Waals surface area (Å²) >= 11 is 5.97. The molecular weight excluding hydrogens is 384 g/mol. The molecule has 0 fully saturated rings. The number of carboxylic acid groups (broad SMARTS) is 1. The van der Waals surface area contributed by atoms with Gasteiger partial charge in [-0.05, 0) is 47.9 Å². The lowest BCUT2D eigenvalue weighted by atomic mass is 9.90. The molecule has 28 heavy (non-hydrogen) atoms. The van der Waals surface area contributed by atoms with Crippen molar-refractivity contribution in [2.45, 2.75) is 18.9 Å². The number of hydrogen-bond acceptors (Lipinski definition) is 4. The quantitative estimate of drug-likeness (QED) is 0.787. The minimum atomic E-state index is -0.992. The fraction of sp³-hybridized carbons (Fsp3) is 0.300. The molecule has 0 saturated carbocycles. The summed E-state index contributed by atoms with van der Waals surface area (Å²) < 4.78 is 10.7. The Morgan fingerprint density at radius 2 is 1.93 bits per heavy atom. The summed E-state index contributed by atoms with van der Waals surface area (Å²) in [4.78, 5) is 25.9. The van der Waals surface area contributed by atoms with Crippen molar-refractivity contribution >= 4 is 29.3 Å². The third-order valence-corrected chi connectivity index (χ3v) is 4.94. The van der Waals surface area contributed by atoms with E-state index < -0.39 is 12.0 Å². The first-order chi connectivity index (χ1) is 13.4. The van der Waals surface area contributed by atoms with Gasteiger partial charge in [-0.3, -0.25) is 4.79 Å². The molecule has 2 aromatic carbocycles. The van der Waals surface area contributed by atoms with E-state index >= 15 is 0 Å². The van der Waals surface area contributed by atoms with Crippen molar-refractivity contribution in [3.05, 3.63) is 52.5 Å². The Hall–Kier alpha value is -2.93. The van der Waals surface area contributed by atoms with Crippen LogP contribution in [-0.2, 0) is 11.2 Å². The fourth-order valence-electron chi connectivity index (χ4n) is 3.42. The van der Waals surface area contributed by atoms with Crippen LogP contribution in [-0.4, -0.2) is 42.8 Å². The predicted molar refractivity (Wildman–Crippen MR) is 105 cm³/mol. The number of nitrogens with zero attached hydrogens (tertiary/aromatic N) is 1. The molecule has 2 amide bonds. The maximum Gasteiger partial charge on any atom is 0.322 e. The molecule has 3 rings (SSSR count). The van der Waals surface area contributed by atoms with E-state index in [2.05, 4.69) is 5.32 Å². The Labute approximate surface area is 167 Å². The lowest BCUT2D eigenvalue weighted by Gasteiger charge is -2.37. The highest BCUT2D eigenvalue weighted by atomic mass is 35.5. The third-order valence-electron chi connectivity index (χ3n) is 4.71. The van der Waals surface area contributed by atoms with Crippen molar-refractivity contribution in [1.29, 1.82) is 0 Å². The van der Waals surface area contributed by atoms with Crippen LogP contribution in [0.5, 0.6) is 11.5 Å². The summed E-state index contributed by atoms with van der Waals surface area (Å²) in [5.74, 6) is 0.0779. The van der Waals surface area contributed by atoms with Gasteiger partial charge < -0.3 is 24.8 Å². The van der Waals surface area contributed by atoms with Crippen molar-refractivity contribution in [2.24, 2.45) is 0 Å². The molecule has 0 unspecified atom stereocenters. The maximum atomic E-state index is 12.9. The molecule has 2 aromatic rings. The van der Waals surface area contributed by atoms with Gasteiger partial charge in [0.25, 0.3) is 0 Å². The van der Waals surface area contributed by atoms with Crippen molar-refractivity contribution in [1.82, 2.24) is 4.90 Å². The summed E-state index contributed by atoms with van der Waals surface area (Å²) in [7, 11) is 3.06. The topological polar surface area (TPSA) is 88.1 Å². The number of methoxy groups -OCH3 is 2. The standard InChI is InChI=1S/C20H21ClN2O5/c1-27-17-8-12-6-7-23(20(26)22-14-5-3-4-13(21)9-14)16(11-19(24)25)15(12)10-18(17)28-2/h3-5,8-10,16H,6-7,11H2,1-2H3,(H,22,26)(H,24,25)/t16-/m0/s1. The first-order valence-corrected chi connectivity index (χ1v) is 9.10. The number of hydrogen-bond donors (Lipinski definition) is 2. The Bertz CT molecular complexity index is 902. The Morgan fingerprint density at radius 1 is 1.21 bits per heavy atom. The van der Waals surface area contributed by atoms with Gasteiger partial charge >= 0.3 is 12.0 Å².